The van der Waals surface area contributed by atoms with E-state index in [4.69, 9.17) is 5.73 Å². The second-order valence-corrected chi connectivity index (χ2v) is 4.23. The second-order valence-electron chi connectivity index (χ2n) is 4.23. The summed E-state index contributed by atoms with van der Waals surface area (Å²) < 4.78 is 0. The minimum Gasteiger partial charge on any atom is -0.323 e. The molecule has 0 bridgehead atoms. The van der Waals surface area contributed by atoms with Crippen LogP contribution in [-0.2, 0) is 0 Å². The minimum atomic E-state index is 0.116. The summed E-state index contributed by atoms with van der Waals surface area (Å²) in [5.41, 5.74) is 9.95. The fourth-order valence-electron chi connectivity index (χ4n) is 1.65. The molecule has 0 aliphatic rings. The molecule has 0 fully saturated rings. The van der Waals surface area contributed by atoms with Crippen LogP contribution in [-0.4, -0.2) is 25.5 Å². The van der Waals surface area contributed by atoms with Crippen molar-refractivity contribution in [3.8, 4) is 0 Å². The third-order valence-corrected chi connectivity index (χ3v) is 2.40. The lowest BCUT2D eigenvalue weighted by molar-refractivity contribution is 0.376. The number of likely N-dealkylation sites (N-methyl/N-ethyl adjacent to an activating group) is 1. The van der Waals surface area contributed by atoms with E-state index in [0.717, 1.165) is 6.54 Å². The predicted molar refractivity (Wildman–Crippen MR) is 61.4 cm³/mol. The van der Waals surface area contributed by atoms with E-state index in [0.29, 0.717) is 0 Å². The third kappa shape index (κ3) is 2.82. The Balaban J connectivity index is 2.88. The summed E-state index contributed by atoms with van der Waals surface area (Å²) in [4.78, 5) is 2.12. The first-order valence-electron chi connectivity index (χ1n) is 4.98. The fourth-order valence-corrected chi connectivity index (χ4v) is 1.65. The highest BCUT2D eigenvalue weighted by molar-refractivity contribution is 5.32. The van der Waals surface area contributed by atoms with E-state index in [2.05, 4.69) is 36.9 Å². The van der Waals surface area contributed by atoms with Crippen molar-refractivity contribution in [3.63, 3.8) is 0 Å². The third-order valence-electron chi connectivity index (χ3n) is 2.40. The van der Waals surface area contributed by atoms with Crippen molar-refractivity contribution in [2.24, 2.45) is 5.73 Å². The Bertz CT molecular complexity index is 305. The number of benzene rings is 1. The van der Waals surface area contributed by atoms with Gasteiger partial charge in [0, 0.05) is 12.6 Å². The molecule has 0 amide bonds. The molecule has 1 aromatic rings. The molecule has 14 heavy (non-hydrogen) atoms. The lowest BCUT2D eigenvalue weighted by Crippen LogP contribution is -2.26. The first-order chi connectivity index (χ1) is 6.50. The first-order valence-corrected chi connectivity index (χ1v) is 4.98. The Morgan fingerprint density at radius 3 is 2.50 bits per heavy atom. The fraction of sp³-hybridized carbons (Fsp3) is 0.500. The van der Waals surface area contributed by atoms with Gasteiger partial charge in [0.25, 0.3) is 0 Å². The number of hydrogen-bond acceptors (Lipinski definition) is 2. The maximum atomic E-state index is 6.12. The second kappa shape index (κ2) is 4.58. The standard InChI is InChI=1S/C12H20N2/c1-9-5-6-10(2)11(7-9)12(13)8-14(3)4/h5-7,12H,8,13H2,1-4H3. The van der Waals surface area contributed by atoms with Crippen LogP contribution in [0.5, 0.6) is 0 Å². The van der Waals surface area contributed by atoms with E-state index in [9.17, 15) is 0 Å². The van der Waals surface area contributed by atoms with Crippen LogP contribution < -0.4 is 5.73 Å². The molecule has 0 aliphatic heterocycles. The summed E-state index contributed by atoms with van der Waals surface area (Å²) in [5.74, 6) is 0. The Morgan fingerprint density at radius 1 is 1.29 bits per heavy atom. The Kier molecular flexibility index (Phi) is 3.67. The molecule has 0 saturated carbocycles. The van der Waals surface area contributed by atoms with Gasteiger partial charge in [-0.1, -0.05) is 23.8 Å². The molecular formula is C12H20N2. The van der Waals surface area contributed by atoms with Gasteiger partial charge >= 0.3 is 0 Å². The van der Waals surface area contributed by atoms with Crippen LogP contribution >= 0.6 is 0 Å². The van der Waals surface area contributed by atoms with Crippen LogP contribution in [0.15, 0.2) is 18.2 Å². The van der Waals surface area contributed by atoms with E-state index < -0.39 is 0 Å². The van der Waals surface area contributed by atoms with Gasteiger partial charge in [-0.15, -0.1) is 0 Å². The minimum absolute atomic E-state index is 0.116. The average molecular weight is 192 g/mol. The van der Waals surface area contributed by atoms with Gasteiger partial charge in [0.2, 0.25) is 0 Å². The number of rotatable bonds is 3. The molecule has 0 saturated heterocycles. The van der Waals surface area contributed by atoms with Gasteiger partial charge < -0.3 is 10.6 Å². The molecule has 0 spiro atoms. The average Bonchev–Trinajstić information content (AvgIpc) is 2.08. The van der Waals surface area contributed by atoms with Crippen molar-refractivity contribution in [1.29, 1.82) is 0 Å². The van der Waals surface area contributed by atoms with Crippen molar-refractivity contribution >= 4 is 0 Å². The van der Waals surface area contributed by atoms with Crippen molar-refractivity contribution in [1.82, 2.24) is 4.90 Å². The van der Waals surface area contributed by atoms with Gasteiger partial charge in [0.05, 0.1) is 0 Å². The summed E-state index contributed by atoms with van der Waals surface area (Å²) in [6, 6.07) is 6.56. The largest absolute Gasteiger partial charge is 0.323 e. The van der Waals surface area contributed by atoms with E-state index in [1.807, 2.05) is 14.1 Å². The number of nitrogens with two attached hydrogens (primary N) is 1. The Labute approximate surface area is 86.7 Å². The van der Waals surface area contributed by atoms with Crippen molar-refractivity contribution < 1.29 is 0 Å². The van der Waals surface area contributed by atoms with Gasteiger partial charge in [0.1, 0.15) is 0 Å². The highest BCUT2D eigenvalue weighted by Gasteiger charge is 2.09. The zero-order chi connectivity index (χ0) is 10.7. The molecule has 2 heteroatoms. The maximum absolute atomic E-state index is 6.12. The van der Waals surface area contributed by atoms with Gasteiger partial charge in [-0.05, 0) is 39.1 Å². The lowest BCUT2D eigenvalue weighted by Gasteiger charge is -2.19. The van der Waals surface area contributed by atoms with E-state index in [1.165, 1.54) is 16.7 Å². The highest BCUT2D eigenvalue weighted by Crippen LogP contribution is 2.17. The smallest absolute Gasteiger partial charge is 0.0426 e. The van der Waals surface area contributed by atoms with E-state index >= 15 is 0 Å². The molecule has 2 nitrogen and oxygen atoms in total. The van der Waals surface area contributed by atoms with Crippen molar-refractivity contribution in [2.45, 2.75) is 19.9 Å². The summed E-state index contributed by atoms with van der Waals surface area (Å²) in [6.45, 7) is 5.11. The topological polar surface area (TPSA) is 29.3 Å². The monoisotopic (exact) mass is 192 g/mol. The molecule has 1 atom stereocenters. The highest BCUT2D eigenvalue weighted by atomic mass is 15.1. The van der Waals surface area contributed by atoms with Crippen LogP contribution in [0.2, 0.25) is 0 Å². The van der Waals surface area contributed by atoms with Gasteiger partial charge in [-0.2, -0.15) is 0 Å². The molecular weight excluding hydrogens is 172 g/mol. The molecule has 0 aromatic heterocycles. The summed E-state index contributed by atoms with van der Waals surface area (Å²) in [6.07, 6.45) is 0. The predicted octanol–water partition coefficient (Wildman–Crippen LogP) is 1.86. The Hall–Kier alpha value is -0.860. The van der Waals surface area contributed by atoms with Gasteiger partial charge in [-0.3, -0.25) is 0 Å². The normalized spacial score (nSPS) is 13.3. The molecule has 2 N–H and O–H groups in total. The van der Waals surface area contributed by atoms with Crippen molar-refractivity contribution in [3.05, 3.63) is 34.9 Å². The molecule has 1 rings (SSSR count). The summed E-state index contributed by atoms with van der Waals surface area (Å²) in [5, 5.41) is 0. The SMILES string of the molecule is Cc1ccc(C)c(C(N)CN(C)C)c1. The van der Waals surface area contributed by atoms with E-state index in [1.54, 1.807) is 0 Å². The van der Waals surface area contributed by atoms with E-state index in [-0.39, 0.29) is 6.04 Å². The maximum Gasteiger partial charge on any atom is 0.0426 e. The molecule has 1 unspecified atom stereocenters. The molecule has 0 radical (unpaired) electrons. The zero-order valence-electron chi connectivity index (χ0n) is 9.54. The number of nitrogens with zero attached hydrogens (tertiary/aromatic N) is 1. The number of hydrogen-bond donors (Lipinski definition) is 1. The van der Waals surface area contributed by atoms with Gasteiger partial charge in [0.15, 0.2) is 0 Å². The zero-order valence-corrected chi connectivity index (χ0v) is 9.54. The lowest BCUT2D eigenvalue weighted by atomic mass is 9.99. The molecule has 0 heterocycles. The molecule has 78 valence electrons. The van der Waals surface area contributed by atoms with Crippen LogP contribution in [0.3, 0.4) is 0 Å². The molecule has 1 aromatic carbocycles. The number of aryl methyl sites for hydroxylation is 2. The summed E-state index contributed by atoms with van der Waals surface area (Å²) in [7, 11) is 4.09. The van der Waals surface area contributed by atoms with Crippen molar-refractivity contribution in [2.75, 3.05) is 20.6 Å². The van der Waals surface area contributed by atoms with Gasteiger partial charge in [-0.25, -0.2) is 0 Å². The van der Waals surface area contributed by atoms with Crippen LogP contribution in [0, 0.1) is 13.8 Å². The van der Waals surface area contributed by atoms with Crippen LogP contribution in [0.4, 0.5) is 0 Å². The summed E-state index contributed by atoms with van der Waals surface area (Å²) >= 11 is 0. The quantitative estimate of drug-likeness (QED) is 0.792. The Morgan fingerprint density at radius 2 is 1.93 bits per heavy atom. The van der Waals surface area contributed by atoms with Crippen LogP contribution in [0.1, 0.15) is 22.7 Å². The van der Waals surface area contributed by atoms with Crippen LogP contribution in [0.25, 0.3) is 0 Å². The molecule has 0 aliphatic carbocycles. The first kappa shape index (κ1) is 11.2.